The van der Waals surface area contributed by atoms with Gasteiger partial charge in [0.05, 0.1) is 18.5 Å². The number of carbonyl (C=O) groups excluding carboxylic acids is 2. The maximum atomic E-state index is 12.2. The Balaban J connectivity index is 2.38. The maximum absolute atomic E-state index is 12.2. The van der Waals surface area contributed by atoms with E-state index in [1.807, 2.05) is 0 Å². The number of Topliss-reactive ketones (excluding diaryl/α,β-unsaturated/α-hetero) is 2. The van der Waals surface area contributed by atoms with E-state index in [2.05, 4.69) is 0 Å². The molecule has 0 aromatic heterocycles. The second kappa shape index (κ2) is 6.97. The Kier molecular flexibility index (Phi) is 5.19. The Bertz CT molecular complexity index is 870. The summed E-state index contributed by atoms with van der Waals surface area (Å²) in [5, 5.41) is 0. The van der Waals surface area contributed by atoms with Crippen LogP contribution in [0.25, 0.3) is 0 Å². The summed E-state index contributed by atoms with van der Waals surface area (Å²) in [4.78, 5) is 22.8. The summed E-state index contributed by atoms with van der Waals surface area (Å²) in [6, 6.07) is 13.3. The van der Waals surface area contributed by atoms with Crippen molar-refractivity contribution in [3.8, 4) is 0 Å². The Morgan fingerprint density at radius 1 is 0.917 bits per heavy atom. The molecule has 0 bridgehead atoms. The van der Waals surface area contributed by atoms with E-state index in [0.717, 1.165) is 6.26 Å². The lowest BCUT2D eigenvalue weighted by atomic mass is 10.1. The monoisotopic (exact) mass is 345 g/mol. The zero-order chi connectivity index (χ0) is 17.9. The van der Waals surface area contributed by atoms with E-state index in [9.17, 15) is 18.0 Å². The van der Waals surface area contributed by atoms with Gasteiger partial charge in [0, 0.05) is 11.1 Å². The van der Waals surface area contributed by atoms with Crippen molar-refractivity contribution in [2.24, 2.45) is 0 Å². The van der Waals surface area contributed by atoms with Crippen molar-refractivity contribution in [3.63, 3.8) is 0 Å². The molecule has 0 spiro atoms. The van der Waals surface area contributed by atoms with Crippen molar-refractivity contribution in [2.45, 2.75) is 20.4 Å². The third-order valence-corrected chi connectivity index (χ3v) is 4.76. The van der Waals surface area contributed by atoms with E-state index in [0.29, 0.717) is 22.4 Å². The van der Waals surface area contributed by atoms with Crippen LogP contribution in [0, 0.1) is 0 Å². The number of ketones is 2. The molecule has 24 heavy (non-hydrogen) atoms. The minimum absolute atomic E-state index is 0.0754. The topological polar surface area (TPSA) is 71.5 Å². The second-order valence-corrected chi connectivity index (χ2v) is 7.54. The molecule has 0 radical (unpaired) electrons. The molecule has 0 unspecified atom stereocenters. The molecule has 5 nitrogen and oxygen atoms in total. The fourth-order valence-electron chi connectivity index (χ4n) is 2.32. The van der Waals surface area contributed by atoms with Gasteiger partial charge in [0.25, 0.3) is 0 Å². The van der Waals surface area contributed by atoms with Gasteiger partial charge in [0.15, 0.2) is 11.6 Å². The highest BCUT2D eigenvalue weighted by Crippen LogP contribution is 2.22. The number of carbonyl (C=O) groups is 2. The first kappa shape index (κ1) is 17.9. The summed E-state index contributed by atoms with van der Waals surface area (Å²) >= 11 is 0. The fourth-order valence-corrected chi connectivity index (χ4v) is 3.21. The highest BCUT2D eigenvalue weighted by Gasteiger charge is 2.18. The number of nitrogens with zero attached hydrogens (tertiary/aromatic N) is 1. The molecule has 0 aliphatic heterocycles. The Morgan fingerprint density at radius 2 is 1.50 bits per heavy atom. The van der Waals surface area contributed by atoms with Gasteiger partial charge in [-0.05, 0) is 49.7 Å². The average molecular weight is 345 g/mol. The van der Waals surface area contributed by atoms with Gasteiger partial charge in [-0.15, -0.1) is 0 Å². The molecule has 0 heterocycles. The Labute approximate surface area is 142 Å². The average Bonchev–Trinajstić information content (AvgIpc) is 2.52. The van der Waals surface area contributed by atoms with Crippen LogP contribution < -0.4 is 4.31 Å². The molecule has 0 aliphatic rings. The molecule has 0 saturated heterocycles. The predicted octanol–water partition coefficient (Wildman–Crippen LogP) is 3.06. The summed E-state index contributed by atoms with van der Waals surface area (Å²) in [6.45, 7) is 3.03. The number of hydrogen-bond acceptors (Lipinski definition) is 4. The lowest BCUT2D eigenvalue weighted by Gasteiger charge is -2.23. The van der Waals surface area contributed by atoms with Crippen LogP contribution >= 0.6 is 0 Å². The molecule has 0 aliphatic carbocycles. The number of anilines is 1. The van der Waals surface area contributed by atoms with Crippen molar-refractivity contribution in [2.75, 3.05) is 10.6 Å². The van der Waals surface area contributed by atoms with E-state index >= 15 is 0 Å². The van der Waals surface area contributed by atoms with Crippen LogP contribution in [0.2, 0.25) is 0 Å². The molecule has 126 valence electrons. The highest BCUT2D eigenvalue weighted by atomic mass is 32.2. The van der Waals surface area contributed by atoms with E-state index in [1.165, 1.54) is 18.2 Å². The maximum Gasteiger partial charge on any atom is 0.232 e. The van der Waals surface area contributed by atoms with Gasteiger partial charge < -0.3 is 0 Å². The zero-order valence-corrected chi connectivity index (χ0v) is 14.6. The first-order chi connectivity index (χ1) is 11.2. The van der Waals surface area contributed by atoms with E-state index in [4.69, 9.17) is 0 Å². The predicted molar refractivity (Wildman–Crippen MR) is 93.9 cm³/mol. The van der Waals surface area contributed by atoms with Crippen LogP contribution in [0.4, 0.5) is 5.69 Å². The molecule has 2 aromatic rings. The summed E-state index contributed by atoms with van der Waals surface area (Å²) < 4.78 is 25.6. The van der Waals surface area contributed by atoms with E-state index in [-0.39, 0.29) is 18.1 Å². The molecule has 0 N–H and O–H groups in total. The lowest BCUT2D eigenvalue weighted by Crippen LogP contribution is -2.29. The van der Waals surface area contributed by atoms with Gasteiger partial charge >= 0.3 is 0 Å². The number of rotatable bonds is 6. The van der Waals surface area contributed by atoms with E-state index < -0.39 is 10.0 Å². The van der Waals surface area contributed by atoms with Gasteiger partial charge in [-0.2, -0.15) is 0 Å². The van der Waals surface area contributed by atoms with Crippen LogP contribution in [-0.4, -0.2) is 26.2 Å². The van der Waals surface area contributed by atoms with Crippen LogP contribution in [0.5, 0.6) is 0 Å². The van der Waals surface area contributed by atoms with Gasteiger partial charge in [-0.1, -0.05) is 18.2 Å². The van der Waals surface area contributed by atoms with Crippen molar-refractivity contribution in [3.05, 3.63) is 65.2 Å². The summed E-state index contributed by atoms with van der Waals surface area (Å²) in [7, 11) is -3.52. The minimum Gasteiger partial charge on any atom is -0.295 e. The summed E-state index contributed by atoms with van der Waals surface area (Å²) in [6.07, 6.45) is 1.13. The number of benzene rings is 2. The van der Waals surface area contributed by atoms with Crippen molar-refractivity contribution in [1.29, 1.82) is 0 Å². The van der Waals surface area contributed by atoms with Gasteiger partial charge in [-0.25, -0.2) is 8.42 Å². The first-order valence-electron chi connectivity index (χ1n) is 7.37. The number of hydrogen-bond donors (Lipinski definition) is 0. The lowest BCUT2D eigenvalue weighted by molar-refractivity contribution is 0.100. The van der Waals surface area contributed by atoms with Crippen molar-refractivity contribution < 1.29 is 18.0 Å². The first-order valence-corrected chi connectivity index (χ1v) is 9.22. The molecule has 0 amide bonds. The second-order valence-electron chi connectivity index (χ2n) is 5.63. The molecule has 2 aromatic carbocycles. The van der Waals surface area contributed by atoms with Crippen molar-refractivity contribution >= 4 is 27.3 Å². The molecule has 0 atom stereocenters. The SMILES string of the molecule is CC(=O)c1ccc(N(Cc2cccc(C(C)=O)c2)S(C)(=O)=O)cc1. The van der Waals surface area contributed by atoms with Crippen LogP contribution in [0.15, 0.2) is 48.5 Å². The van der Waals surface area contributed by atoms with Gasteiger partial charge in [0.1, 0.15) is 0 Å². The molecule has 6 heteroatoms. The molecule has 2 rings (SSSR count). The molecular weight excluding hydrogens is 326 g/mol. The smallest absolute Gasteiger partial charge is 0.232 e. The Morgan fingerprint density at radius 3 is 2.00 bits per heavy atom. The summed E-state index contributed by atoms with van der Waals surface area (Å²) in [5.74, 6) is -0.157. The van der Waals surface area contributed by atoms with Crippen LogP contribution in [0.1, 0.15) is 40.1 Å². The fraction of sp³-hybridized carbons (Fsp3) is 0.222. The largest absolute Gasteiger partial charge is 0.295 e. The van der Waals surface area contributed by atoms with Gasteiger partial charge in [0.2, 0.25) is 10.0 Å². The summed E-state index contributed by atoms with van der Waals surface area (Å²) in [5.41, 5.74) is 2.23. The third-order valence-electron chi connectivity index (χ3n) is 3.62. The molecular formula is C18H19NO4S. The Hall–Kier alpha value is -2.47. The van der Waals surface area contributed by atoms with E-state index in [1.54, 1.807) is 48.5 Å². The molecule has 0 fully saturated rings. The quantitative estimate of drug-likeness (QED) is 0.754. The third kappa shape index (κ3) is 4.29. The zero-order valence-electron chi connectivity index (χ0n) is 13.8. The normalized spacial score (nSPS) is 11.1. The van der Waals surface area contributed by atoms with Crippen LogP contribution in [-0.2, 0) is 16.6 Å². The standard InChI is InChI=1S/C18H19NO4S/c1-13(20)16-7-9-18(10-8-16)19(24(3,22)23)12-15-5-4-6-17(11-15)14(2)21/h4-11H,12H2,1-3H3. The van der Waals surface area contributed by atoms with Gasteiger partial charge in [-0.3, -0.25) is 13.9 Å². The highest BCUT2D eigenvalue weighted by molar-refractivity contribution is 7.92. The molecule has 0 saturated carbocycles. The van der Waals surface area contributed by atoms with Crippen LogP contribution in [0.3, 0.4) is 0 Å². The van der Waals surface area contributed by atoms with Crippen molar-refractivity contribution in [1.82, 2.24) is 0 Å². The minimum atomic E-state index is -3.52. The number of sulfonamides is 1.